The van der Waals surface area contributed by atoms with Crippen LogP contribution >= 0.6 is 11.8 Å². The van der Waals surface area contributed by atoms with E-state index in [4.69, 9.17) is 4.74 Å². The summed E-state index contributed by atoms with van der Waals surface area (Å²) in [6.45, 7) is 18.4. The second-order valence-electron chi connectivity index (χ2n) is 13.4. The first kappa shape index (κ1) is 31.4. The summed E-state index contributed by atoms with van der Waals surface area (Å²) in [5.41, 5.74) is 0.179. The first-order valence-corrected chi connectivity index (χ1v) is 15.6. The number of esters is 1. The number of carbonyl (C=O) groups is 3. The van der Waals surface area contributed by atoms with Gasteiger partial charge in [0.15, 0.2) is 0 Å². The molecule has 3 saturated heterocycles. The molecule has 1 aromatic rings. The van der Waals surface area contributed by atoms with Gasteiger partial charge in [0, 0.05) is 17.3 Å². The van der Waals surface area contributed by atoms with Gasteiger partial charge in [0.25, 0.3) is 0 Å². The average molecular weight is 583 g/mol. The van der Waals surface area contributed by atoms with Gasteiger partial charge < -0.3 is 19.6 Å². The molecule has 2 unspecified atom stereocenters. The van der Waals surface area contributed by atoms with Crippen molar-refractivity contribution in [2.75, 3.05) is 19.8 Å². The maximum atomic E-state index is 15.0. The Kier molecular flexibility index (Phi) is 9.15. The van der Waals surface area contributed by atoms with Crippen LogP contribution in [0.3, 0.4) is 0 Å². The lowest BCUT2D eigenvalue weighted by Crippen LogP contribution is -2.60. The fraction of sp³-hybridized carbons (Fsp3) is 0.606. The predicted molar refractivity (Wildman–Crippen MR) is 163 cm³/mol. The van der Waals surface area contributed by atoms with Crippen LogP contribution < -0.4 is 0 Å². The maximum absolute atomic E-state index is 15.0. The summed E-state index contributed by atoms with van der Waals surface area (Å²) in [6.07, 6.45) is 6.09. The van der Waals surface area contributed by atoms with Crippen LogP contribution in [0.25, 0.3) is 0 Å². The van der Waals surface area contributed by atoms with Crippen LogP contribution in [-0.4, -0.2) is 74.0 Å². The number of likely N-dealkylation sites (tertiary alicyclic amines) is 1. The van der Waals surface area contributed by atoms with Crippen molar-refractivity contribution in [1.29, 1.82) is 0 Å². The van der Waals surface area contributed by atoms with E-state index in [1.54, 1.807) is 28.8 Å². The Labute approximate surface area is 249 Å². The van der Waals surface area contributed by atoms with Gasteiger partial charge in [0.2, 0.25) is 11.8 Å². The highest BCUT2D eigenvalue weighted by Gasteiger charge is 2.75. The number of hydrogen-bond donors (Lipinski definition) is 1. The molecule has 224 valence electrons. The van der Waals surface area contributed by atoms with Crippen molar-refractivity contribution >= 4 is 29.5 Å². The number of aliphatic hydroxyl groups is 1. The standard InChI is InChI=1S/C33H46N2O5S/c1-8-10-19-40-30(39)25-24-16-17-33(41-24)26(25)28(37)35(23(20-36)22-14-12-11-13-15-22)27(33)29(38)34(18-9-2)32(6,7)21-31(3,4)5/h8-9,11-15,23-27,36H,1-2,10,16-21H2,3-7H3/t23-,24-,25+,26+,27?,33?/m1/s1. The third-order valence-corrected chi connectivity index (χ3v) is 10.7. The fourth-order valence-electron chi connectivity index (χ4n) is 7.65. The van der Waals surface area contributed by atoms with Gasteiger partial charge in [-0.05, 0) is 50.5 Å². The van der Waals surface area contributed by atoms with E-state index in [0.717, 1.165) is 18.4 Å². The molecule has 3 aliphatic rings. The summed E-state index contributed by atoms with van der Waals surface area (Å²) in [5, 5.41) is 10.6. The van der Waals surface area contributed by atoms with Gasteiger partial charge >= 0.3 is 5.97 Å². The minimum Gasteiger partial charge on any atom is -0.465 e. The second kappa shape index (κ2) is 12.0. The summed E-state index contributed by atoms with van der Waals surface area (Å²) in [4.78, 5) is 46.4. The molecule has 3 aliphatic heterocycles. The second-order valence-corrected chi connectivity index (χ2v) is 15.0. The average Bonchev–Trinajstić information content (AvgIpc) is 3.54. The fourth-order valence-corrected chi connectivity index (χ4v) is 9.84. The van der Waals surface area contributed by atoms with Crippen molar-refractivity contribution < 1.29 is 24.2 Å². The van der Waals surface area contributed by atoms with Crippen molar-refractivity contribution in [2.45, 2.75) is 87.9 Å². The van der Waals surface area contributed by atoms with Crippen molar-refractivity contribution in [1.82, 2.24) is 9.80 Å². The molecule has 2 bridgehead atoms. The van der Waals surface area contributed by atoms with Crippen LogP contribution in [0.5, 0.6) is 0 Å². The Hall–Kier alpha value is -2.58. The normalized spacial score (nSPS) is 27.9. The Morgan fingerprint density at radius 2 is 1.88 bits per heavy atom. The largest absolute Gasteiger partial charge is 0.465 e. The van der Waals surface area contributed by atoms with Crippen molar-refractivity contribution in [2.24, 2.45) is 17.3 Å². The van der Waals surface area contributed by atoms with Crippen molar-refractivity contribution in [3.05, 3.63) is 61.2 Å². The zero-order valence-electron chi connectivity index (χ0n) is 25.2. The quantitative estimate of drug-likeness (QED) is 0.208. The van der Waals surface area contributed by atoms with Gasteiger partial charge in [0.1, 0.15) is 6.04 Å². The van der Waals surface area contributed by atoms with Gasteiger partial charge in [0.05, 0.1) is 35.8 Å². The third-order valence-electron chi connectivity index (χ3n) is 8.77. The number of thioether (sulfide) groups is 1. The highest BCUT2D eigenvalue weighted by Crippen LogP contribution is 2.67. The monoisotopic (exact) mass is 582 g/mol. The van der Waals surface area contributed by atoms with Crippen molar-refractivity contribution in [3.8, 4) is 0 Å². The van der Waals surface area contributed by atoms with Crippen LogP contribution in [0.4, 0.5) is 0 Å². The molecule has 1 aromatic carbocycles. The van der Waals surface area contributed by atoms with E-state index >= 15 is 0 Å². The van der Waals surface area contributed by atoms with Gasteiger partial charge in [-0.1, -0.05) is 63.3 Å². The molecular weight excluding hydrogens is 536 g/mol. The number of amides is 2. The minimum absolute atomic E-state index is 0.0479. The molecule has 7 nitrogen and oxygen atoms in total. The number of nitrogens with zero attached hydrogens (tertiary/aromatic N) is 2. The lowest BCUT2D eigenvalue weighted by molar-refractivity contribution is -0.154. The molecule has 1 spiro atoms. The molecule has 2 amide bonds. The van der Waals surface area contributed by atoms with E-state index in [1.165, 1.54) is 0 Å². The van der Waals surface area contributed by atoms with Crippen LogP contribution in [0.2, 0.25) is 0 Å². The molecule has 1 N–H and O–H groups in total. The number of fused-ring (bicyclic) bond motifs is 1. The van der Waals surface area contributed by atoms with Gasteiger partial charge in [-0.25, -0.2) is 0 Å². The highest BCUT2D eigenvalue weighted by atomic mass is 32.2. The van der Waals surface area contributed by atoms with Gasteiger partial charge in [-0.15, -0.1) is 24.9 Å². The number of ether oxygens (including phenoxy) is 1. The van der Waals surface area contributed by atoms with Crippen LogP contribution in [0.15, 0.2) is 55.6 Å². The summed E-state index contributed by atoms with van der Waals surface area (Å²) >= 11 is 1.61. The number of aliphatic hydroxyl groups excluding tert-OH is 1. The van der Waals surface area contributed by atoms with E-state index in [9.17, 15) is 19.5 Å². The Morgan fingerprint density at radius 3 is 2.46 bits per heavy atom. The summed E-state index contributed by atoms with van der Waals surface area (Å²) in [6, 6.07) is 7.81. The molecule has 8 heteroatoms. The molecule has 41 heavy (non-hydrogen) atoms. The smallest absolute Gasteiger partial charge is 0.310 e. The van der Waals surface area contributed by atoms with Gasteiger partial charge in [-0.2, -0.15) is 0 Å². The lowest BCUT2D eigenvalue weighted by Gasteiger charge is -2.46. The van der Waals surface area contributed by atoms with Crippen LogP contribution in [-0.2, 0) is 19.1 Å². The van der Waals surface area contributed by atoms with Crippen molar-refractivity contribution in [3.63, 3.8) is 0 Å². The molecule has 0 saturated carbocycles. The Morgan fingerprint density at radius 1 is 1.20 bits per heavy atom. The number of rotatable bonds is 12. The SMILES string of the molecule is C=CCCOC(=O)[C@@H]1[C@H]2C(=O)N([C@H](CO)c3ccccc3)C(C(=O)N(CC=C)C(C)(C)CC(C)(C)C)C23CC[C@H]1S3. The van der Waals surface area contributed by atoms with Crippen LogP contribution in [0, 0.1) is 17.3 Å². The predicted octanol–water partition coefficient (Wildman–Crippen LogP) is 5.16. The molecule has 0 aliphatic carbocycles. The highest BCUT2D eigenvalue weighted by molar-refractivity contribution is 8.02. The first-order chi connectivity index (χ1) is 19.3. The Balaban J connectivity index is 1.83. The minimum atomic E-state index is -0.836. The summed E-state index contributed by atoms with van der Waals surface area (Å²) in [7, 11) is 0. The van der Waals surface area contributed by atoms with Gasteiger partial charge in [-0.3, -0.25) is 14.4 Å². The topological polar surface area (TPSA) is 87.1 Å². The molecule has 0 radical (unpaired) electrons. The molecule has 3 fully saturated rings. The zero-order chi connectivity index (χ0) is 30.2. The van der Waals surface area contributed by atoms with E-state index in [1.807, 2.05) is 35.2 Å². The van der Waals surface area contributed by atoms with E-state index < -0.39 is 34.2 Å². The van der Waals surface area contributed by atoms with E-state index in [2.05, 4.69) is 47.8 Å². The van der Waals surface area contributed by atoms with E-state index in [-0.39, 0.29) is 41.7 Å². The summed E-state index contributed by atoms with van der Waals surface area (Å²) < 4.78 is 4.84. The molecule has 6 atom stereocenters. The number of hydrogen-bond acceptors (Lipinski definition) is 6. The molecule has 4 rings (SSSR count). The molecule has 0 aromatic heterocycles. The third kappa shape index (κ3) is 5.74. The maximum Gasteiger partial charge on any atom is 0.310 e. The Bertz CT molecular complexity index is 1160. The zero-order valence-corrected chi connectivity index (χ0v) is 26.0. The molecule has 3 heterocycles. The molecular formula is C33H46N2O5S. The first-order valence-electron chi connectivity index (χ1n) is 14.7. The lowest BCUT2D eigenvalue weighted by atomic mass is 9.71. The number of carbonyl (C=O) groups excluding carboxylic acids is 3. The summed E-state index contributed by atoms with van der Waals surface area (Å²) in [5.74, 6) is -2.10. The van der Waals surface area contributed by atoms with Crippen LogP contribution in [0.1, 0.15) is 71.9 Å². The number of benzene rings is 1. The van der Waals surface area contributed by atoms with E-state index in [0.29, 0.717) is 19.4 Å².